The van der Waals surface area contributed by atoms with E-state index in [2.05, 4.69) is 20.6 Å². The number of benzene rings is 1. The fraction of sp³-hybridized carbons (Fsp3) is 0.414. The first-order valence-corrected chi connectivity index (χ1v) is 13.2. The SMILES string of the molecule is COc1ccc2nccc(C(O)C[C@@H]3CC[C@@H](NC/C=C/c4cc(F)ccc4F)[C@@H](CC(=O)NCCO)O3)c2n1. The van der Waals surface area contributed by atoms with Gasteiger partial charge in [-0.05, 0) is 43.2 Å². The minimum atomic E-state index is -0.882. The van der Waals surface area contributed by atoms with Gasteiger partial charge in [0.05, 0.1) is 49.5 Å². The average Bonchev–Trinajstić information content (AvgIpc) is 2.96. The molecule has 3 aromatic rings. The number of carbonyl (C=O) groups excluding carboxylic acids is 1. The lowest BCUT2D eigenvalue weighted by molar-refractivity contribution is -0.130. The molecular weight excluding hydrogens is 522 g/mol. The van der Waals surface area contributed by atoms with Gasteiger partial charge < -0.3 is 30.3 Å². The number of nitrogens with one attached hydrogen (secondary N) is 2. The third-order valence-corrected chi connectivity index (χ3v) is 6.83. The van der Waals surface area contributed by atoms with Crippen molar-refractivity contribution in [3.8, 4) is 5.88 Å². The summed E-state index contributed by atoms with van der Waals surface area (Å²) in [4.78, 5) is 21.2. The number of fused-ring (bicyclic) bond motifs is 1. The molecule has 1 unspecified atom stereocenters. The first kappa shape index (κ1) is 29.5. The summed E-state index contributed by atoms with van der Waals surface area (Å²) in [5.41, 5.74) is 1.94. The Morgan fingerprint density at radius 2 is 2.10 bits per heavy atom. The summed E-state index contributed by atoms with van der Waals surface area (Å²) in [6.07, 6.45) is 4.74. The van der Waals surface area contributed by atoms with E-state index in [4.69, 9.17) is 14.6 Å². The minimum absolute atomic E-state index is 0.0590. The molecule has 4 atom stereocenters. The van der Waals surface area contributed by atoms with Gasteiger partial charge in [0, 0.05) is 48.9 Å². The number of pyridine rings is 2. The van der Waals surface area contributed by atoms with E-state index < -0.39 is 23.8 Å². The lowest BCUT2D eigenvalue weighted by Crippen LogP contribution is -2.49. The zero-order chi connectivity index (χ0) is 28.5. The van der Waals surface area contributed by atoms with Gasteiger partial charge in [0.15, 0.2) is 0 Å². The van der Waals surface area contributed by atoms with Gasteiger partial charge in [-0.2, -0.15) is 0 Å². The van der Waals surface area contributed by atoms with E-state index in [1.165, 1.54) is 13.2 Å². The quantitative estimate of drug-likeness (QED) is 0.268. The molecule has 0 aliphatic carbocycles. The number of ether oxygens (including phenoxy) is 2. The normalized spacial score (nSPS) is 20.1. The third-order valence-electron chi connectivity index (χ3n) is 6.83. The molecule has 4 N–H and O–H groups in total. The number of rotatable bonds is 12. The predicted octanol–water partition coefficient (Wildman–Crippen LogP) is 3.06. The Morgan fingerprint density at radius 1 is 1.25 bits per heavy atom. The van der Waals surface area contributed by atoms with Crippen LogP contribution in [0.1, 0.15) is 42.9 Å². The second kappa shape index (κ2) is 14.2. The molecule has 4 rings (SSSR count). The van der Waals surface area contributed by atoms with Gasteiger partial charge in [0.1, 0.15) is 11.6 Å². The number of aliphatic hydroxyl groups excluding tert-OH is 2. The number of hydrogen-bond donors (Lipinski definition) is 4. The Morgan fingerprint density at radius 3 is 2.90 bits per heavy atom. The van der Waals surface area contributed by atoms with Gasteiger partial charge in [-0.25, -0.2) is 13.8 Å². The van der Waals surface area contributed by atoms with Crippen molar-refractivity contribution in [1.82, 2.24) is 20.6 Å². The molecule has 40 heavy (non-hydrogen) atoms. The molecule has 1 saturated heterocycles. The van der Waals surface area contributed by atoms with Gasteiger partial charge in [-0.15, -0.1) is 0 Å². The molecule has 1 fully saturated rings. The third kappa shape index (κ3) is 7.79. The molecular formula is C29H34F2N4O5. The maximum Gasteiger partial charge on any atom is 0.222 e. The molecule has 0 bridgehead atoms. The van der Waals surface area contributed by atoms with Crippen molar-refractivity contribution >= 4 is 23.0 Å². The number of halogens is 2. The highest BCUT2D eigenvalue weighted by atomic mass is 19.1. The summed E-state index contributed by atoms with van der Waals surface area (Å²) in [6.45, 7) is 0.315. The predicted molar refractivity (Wildman–Crippen MR) is 145 cm³/mol. The van der Waals surface area contributed by atoms with Crippen molar-refractivity contribution in [2.24, 2.45) is 0 Å². The van der Waals surface area contributed by atoms with E-state index in [1.807, 2.05) is 0 Å². The van der Waals surface area contributed by atoms with Crippen molar-refractivity contribution in [2.75, 3.05) is 26.8 Å². The lowest BCUT2D eigenvalue weighted by Gasteiger charge is -2.37. The summed E-state index contributed by atoms with van der Waals surface area (Å²) < 4.78 is 38.9. The van der Waals surface area contributed by atoms with Gasteiger partial charge in [0.25, 0.3) is 0 Å². The Labute approximate surface area is 231 Å². The first-order chi connectivity index (χ1) is 19.4. The van der Waals surface area contributed by atoms with Gasteiger partial charge in [0.2, 0.25) is 11.8 Å². The summed E-state index contributed by atoms with van der Waals surface area (Å²) in [5, 5.41) is 26.1. The van der Waals surface area contributed by atoms with Crippen LogP contribution in [0.15, 0.2) is 48.7 Å². The van der Waals surface area contributed by atoms with E-state index in [0.717, 1.165) is 18.2 Å². The fourth-order valence-corrected chi connectivity index (χ4v) is 4.84. The highest BCUT2D eigenvalue weighted by molar-refractivity contribution is 5.78. The number of methoxy groups -OCH3 is 1. The van der Waals surface area contributed by atoms with Crippen molar-refractivity contribution in [1.29, 1.82) is 0 Å². The summed E-state index contributed by atoms with van der Waals surface area (Å²) in [7, 11) is 1.52. The molecule has 2 aromatic heterocycles. The second-order valence-corrected chi connectivity index (χ2v) is 9.61. The van der Waals surface area contributed by atoms with Gasteiger partial charge in [-0.1, -0.05) is 12.2 Å². The van der Waals surface area contributed by atoms with Crippen molar-refractivity contribution in [3.05, 3.63) is 71.4 Å². The van der Waals surface area contributed by atoms with Crippen LogP contribution in [0.5, 0.6) is 5.88 Å². The molecule has 1 aliphatic rings. The zero-order valence-electron chi connectivity index (χ0n) is 22.2. The van der Waals surface area contributed by atoms with Gasteiger partial charge >= 0.3 is 0 Å². The lowest BCUT2D eigenvalue weighted by atomic mass is 9.92. The molecule has 214 valence electrons. The number of nitrogens with zero attached hydrogens (tertiary/aromatic N) is 2. The molecule has 1 aromatic carbocycles. The molecule has 3 heterocycles. The fourth-order valence-electron chi connectivity index (χ4n) is 4.84. The van der Waals surface area contributed by atoms with E-state index in [0.29, 0.717) is 41.9 Å². The highest BCUT2D eigenvalue weighted by Gasteiger charge is 2.33. The number of aromatic nitrogens is 2. The van der Waals surface area contributed by atoms with E-state index in [9.17, 15) is 18.7 Å². The summed E-state index contributed by atoms with van der Waals surface area (Å²) >= 11 is 0. The molecule has 9 nitrogen and oxygen atoms in total. The maximum absolute atomic E-state index is 13.9. The zero-order valence-corrected chi connectivity index (χ0v) is 22.2. The van der Waals surface area contributed by atoms with Crippen LogP contribution in [0.3, 0.4) is 0 Å². The molecule has 1 aliphatic heterocycles. The van der Waals surface area contributed by atoms with Gasteiger partial charge in [-0.3, -0.25) is 9.78 Å². The van der Waals surface area contributed by atoms with Crippen molar-refractivity contribution in [2.45, 2.75) is 50.0 Å². The molecule has 1 amide bonds. The Kier molecular flexibility index (Phi) is 10.5. The van der Waals surface area contributed by atoms with Crippen molar-refractivity contribution < 1.29 is 33.3 Å². The number of carbonyl (C=O) groups is 1. The highest BCUT2D eigenvalue weighted by Crippen LogP contribution is 2.31. The van der Waals surface area contributed by atoms with Crippen LogP contribution >= 0.6 is 0 Å². The van der Waals surface area contributed by atoms with Crippen LogP contribution in [0.2, 0.25) is 0 Å². The van der Waals surface area contributed by atoms with Crippen LogP contribution in [0.4, 0.5) is 8.78 Å². The second-order valence-electron chi connectivity index (χ2n) is 9.61. The number of amides is 1. The Balaban J connectivity index is 1.42. The molecule has 0 radical (unpaired) electrons. The maximum atomic E-state index is 13.9. The smallest absolute Gasteiger partial charge is 0.222 e. The topological polar surface area (TPSA) is 126 Å². The van der Waals surface area contributed by atoms with Crippen LogP contribution in [-0.4, -0.2) is 71.1 Å². The monoisotopic (exact) mass is 556 g/mol. The summed E-state index contributed by atoms with van der Waals surface area (Å²) in [5.74, 6) is -0.888. The standard InChI is InChI=1S/C29H34F2N4O5/c1-39-28-9-8-24-29(35-28)21(10-12-33-24)25(37)16-20-5-7-23(26(40-20)17-27(38)34-13-14-36)32-11-2-3-18-15-19(30)4-6-22(18)31/h2-4,6,8-10,12,15,20,23,25-26,32,36-37H,5,7,11,13-14,16-17H2,1H3,(H,34,38)/b3-2+/t20-,23+,25?,26+/m0/s1. The van der Waals surface area contributed by atoms with E-state index in [-0.39, 0.29) is 49.6 Å². The van der Waals surface area contributed by atoms with E-state index >= 15 is 0 Å². The Bertz CT molecular complexity index is 1320. The average molecular weight is 557 g/mol. The van der Waals surface area contributed by atoms with Crippen LogP contribution in [0.25, 0.3) is 17.1 Å². The molecule has 0 saturated carbocycles. The number of aliphatic hydroxyl groups is 2. The molecule has 0 spiro atoms. The summed E-state index contributed by atoms with van der Waals surface area (Å²) in [6, 6.07) is 8.28. The number of hydrogen-bond acceptors (Lipinski definition) is 8. The molecule has 11 heteroatoms. The van der Waals surface area contributed by atoms with Crippen LogP contribution < -0.4 is 15.4 Å². The first-order valence-electron chi connectivity index (χ1n) is 13.2. The Hall–Kier alpha value is -3.51. The minimum Gasteiger partial charge on any atom is -0.481 e. The van der Waals surface area contributed by atoms with Crippen LogP contribution in [0, 0.1) is 11.6 Å². The van der Waals surface area contributed by atoms with Crippen molar-refractivity contribution in [3.63, 3.8) is 0 Å². The van der Waals surface area contributed by atoms with Crippen LogP contribution in [-0.2, 0) is 9.53 Å². The van der Waals surface area contributed by atoms with E-state index in [1.54, 1.807) is 30.5 Å². The largest absolute Gasteiger partial charge is 0.481 e.